The van der Waals surface area contributed by atoms with Gasteiger partial charge < -0.3 is 35.7 Å². The number of aliphatic carboxylic acids is 7. The van der Waals surface area contributed by atoms with Crippen molar-refractivity contribution in [1.29, 1.82) is 0 Å². The van der Waals surface area contributed by atoms with Gasteiger partial charge in [0.1, 0.15) is 0 Å². The van der Waals surface area contributed by atoms with Gasteiger partial charge in [-0.25, -0.2) is 0 Å². The van der Waals surface area contributed by atoms with E-state index < -0.39 is 41.8 Å². The van der Waals surface area contributed by atoms with Gasteiger partial charge in [0.2, 0.25) is 0 Å². The molecule has 0 atom stereocenters. The molecule has 14 nitrogen and oxygen atoms in total. The minimum Gasteiger partial charge on any atom is -0.481 e. The van der Waals surface area contributed by atoms with Crippen LogP contribution in [0.25, 0.3) is 0 Å². The van der Waals surface area contributed by atoms with Crippen molar-refractivity contribution in [2.24, 2.45) is 0 Å². The first kappa shape index (κ1) is 99.8. The predicted octanol–water partition coefficient (Wildman–Crippen LogP) is 24.8. The third kappa shape index (κ3) is 137. The zero-order valence-corrected chi connectivity index (χ0v) is 60.3. The third-order valence-electron chi connectivity index (χ3n) is 15.5. The first-order valence-corrected chi connectivity index (χ1v) is 37.9. The molecule has 0 amide bonds. The Labute approximate surface area is 555 Å². The normalized spacial score (nSPS) is 10.2. The molecule has 0 aromatic heterocycles. The van der Waals surface area contributed by atoms with Gasteiger partial charge in [-0.2, -0.15) is 0 Å². The van der Waals surface area contributed by atoms with Gasteiger partial charge in [-0.05, 0) is 44.9 Å². The molecule has 0 aliphatic heterocycles. The maximum Gasteiger partial charge on any atom is 0.303 e. The number of hydrogen-bond acceptors (Lipinski definition) is 7. The third-order valence-corrected chi connectivity index (χ3v) is 15.5. The van der Waals surface area contributed by atoms with Crippen LogP contribution in [-0.2, 0) is 33.6 Å². The Kier molecular flexibility index (Phi) is 107. The van der Waals surface area contributed by atoms with Crippen molar-refractivity contribution >= 4 is 41.8 Å². The van der Waals surface area contributed by atoms with Crippen LogP contribution in [0.1, 0.15) is 447 Å². The molecule has 0 aromatic rings. The molecule has 0 aromatic carbocycles. The van der Waals surface area contributed by atoms with Crippen LogP contribution in [0.2, 0.25) is 0 Å². The molecule has 0 heterocycles. The summed E-state index contributed by atoms with van der Waals surface area (Å²) in [6.45, 7) is 15.5. The summed E-state index contributed by atoms with van der Waals surface area (Å²) in [4.78, 5) is 71.1. The Balaban J connectivity index is -0.000000180. The minimum absolute atomic E-state index is 0.341. The molecule has 0 unspecified atom stereocenters. The molecule has 0 fully saturated rings. The molecule has 0 saturated heterocycles. The molecule has 7 N–H and O–H groups in total. The lowest BCUT2D eigenvalue weighted by atomic mass is 10.0. The van der Waals surface area contributed by atoms with Crippen molar-refractivity contribution in [3.63, 3.8) is 0 Å². The van der Waals surface area contributed by atoms with E-state index in [1.165, 1.54) is 263 Å². The summed E-state index contributed by atoms with van der Waals surface area (Å²) >= 11 is 0. The molecular weight excluding hydrogens is 1140 g/mol. The molecule has 0 bridgehead atoms. The first-order chi connectivity index (χ1) is 43.4. The van der Waals surface area contributed by atoms with Gasteiger partial charge in [0.05, 0.1) is 0 Å². The van der Waals surface area contributed by atoms with Gasteiger partial charge in [0, 0.05) is 44.9 Å². The van der Waals surface area contributed by atoms with Crippen molar-refractivity contribution in [2.45, 2.75) is 447 Å². The molecule has 90 heavy (non-hydrogen) atoms. The summed E-state index contributed by atoms with van der Waals surface area (Å²) in [5.74, 6) is -4.63. The van der Waals surface area contributed by atoms with Crippen LogP contribution in [0.5, 0.6) is 0 Å². The number of carboxylic acid groups (broad SMARTS) is 7. The van der Waals surface area contributed by atoms with E-state index in [4.69, 9.17) is 35.7 Å². The lowest BCUT2D eigenvalue weighted by molar-refractivity contribution is -0.138. The fraction of sp³-hybridized carbons (Fsp3) is 0.908. The highest BCUT2D eigenvalue weighted by atomic mass is 16.4. The van der Waals surface area contributed by atoms with E-state index in [1.807, 2.05) is 0 Å². The SMILES string of the molecule is CCCCCCCCCC(=O)O.CCCCCCCCCC(=O)O.CCCCCCCCCC(=O)O.CCCCCCCCCC(=O)O.CCCCCCCCCC(=O)O.CCCCCCCCCC(=O)O.CCCCCCCCCCCCCCCC(=O)O. The molecular formula is C76H152O14. The second kappa shape index (κ2) is 96.4. The van der Waals surface area contributed by atoms with Gasteiger partial charge in [-0.1, -0.05) is 357 Å². The van der Waals surface area contributed by atoms with E-state index in [9.17, 15) is 33.6 Å². The summed E-state index contributed by atoms with van der Waals surface area (Å²) in [7, 11) is 0. The standard InChI is InChI=1S/C16H32O2.6C10H20O2/c1-2-3-4-5-6-7-8-9-10-11-12-13-14-15-16(17)18;6*1-2-3-4-5-6-7-8-9-10(11)12/h2-15H2,1H3,(H,17,18);6*2-9H2,1H3,(H,11,12). The highest BCUT2D eigenvalue weighted by molar-refractivity contribution is 5.68. The fourth-order valence-corrected chi connectivity index (χ4v) is 9.69. The monoisotopic (exact) mass is 1290 g/mol. The van der Waals surface area contributed by atoms with Crippen LogP contribution < -0.4 is 0 Å². The zero-order chi connectivity index (χ0) is 68.9. The first-order valence-electron chi connectivity index (χ1n) is 37.9. The smallest absolute Gasteiger partial charge is 0.303 e. The van der Waals surface area contributed by atoms with E-state index >= 15 is 0 Å². The largest absolute Gasteiger partial charge is 0.481 e. The molecule has 0 radical (unpaired) electrons. The Bertz CT molecular complexity index is 1200. The molecule has 0 rings (SSSR count). The van der Waals surface area contributed by atoms with Crippen molar-refractivity contribution < 1.29 is 69.3 Å². The van der Waals surface area contributed by atoms with Crippen LogP contribution in [0, 0.1) is 0 Å². The van der Waals surface area contributed by atoms with Crippen LogP contribution in [0.15, 0.2) is 0 Å². The molecule has 0 aliphatic rings. The summed E-state index contributed by atoms with van der Waals surface area (Å²) in [5.41, 5.74) is 0. The molecule has 0 spiro atoms. The van der Waals surface area contributed by atoms with E-state index in [1.54, 1.807) is 0 Å². The van der Waals surface area contributed by atoms with Crippen molar-refractivity contribution in [3.8, 4) is 0 Å². The summed E-state index contributed by atoms with van der Waals surface area (Å²) in [6.07, 6.45) is 69.1. The van der Waals surface area contributed by atoms with Crippen LogP contribution in [0.4, 0.5) is 0 Å². The zero-order valence-electron chi connectivity index (χ0n) is 60.3. The van der Waals surface area contributed by atoms with Gasteiger partial charge in [-0.3, -0.25) is 33.6 Å². The Morgan fingerprint density at radius 2 is 0.200 bits per heavy atom. The van der Waals surface area contributed by atoms with Gasteiger partial charge in [-0.15, -0.1) is 0 Å². The Morgan fingerprint density at radius 1 is 0.133 bits per heavy atom. The lowest BCUT2D eigenvalue weighted by Gasteiger charge is -2.02. The van der Waals surface area contributed by atoms with Crippen LogP contribution >= 0.6 is 0 Å². The Hall–Kier alpha value is -3.71. The molecule has 540 valence electrons. The summed E-state index contributed by atoms with van der Waals surface area (Å²) in [5, 5.41) is 58.6. The van der Waals surface area contributed by atoms with E-state index in [0.717, 1.165) is 89.9 Å². The van der Waals surface area contributed by atoms with Crippen molar-refractivity contribution in [3.05, 3.63) is 0 Å². The van der Waals surface area contributed by atoms with E-state index in [2.05, 4.69) is 48.5 Å². The molecule has 14 heteroatoms. The average molecular weight is 1290 g/mol. The molecule has 0 saturated carbocycles. The number of unbranched alkanes of at least 4 members (excludes halogenated alkanes) is 48. The quantitative estimate of drug-likeness (QED) is 0.0280. The van der Waals surface area contributed by atoms with Crippen LogP contribution in [-0.4, -0.2) is 77.5 Å². The van der Waals surface area contributed by atoms with Crippen molar-refractivity contribution in [1.82, 2.24) is 0 Å². The van der Waals surface area contributed by atoms with E-state index in [0.29, 0.717) is 44.9 Å². The second-order valence-electron chi connectivity index (χ2n) is 25.0. The highest BCUT2D eigenvalue weighted by Gasteiger charge is 2.02. The maximum atomic E-state index is 10.3. The molecule has 0 aliphatic carbocycles. The fourth-order valence-electron chi connectivity index (χ4n) is 9.69. The van der Waals surface area contributed by atoms with Gasteiger partial charge >= 0.3 is 41.8 Å². The average Bonchev–Trinajstić information content (AvgIpc) is 3.49. The number of carbonyl (C=O) groups is 7. The second-order valence-corrected chi connectivity index (χ2v) is 25.0. The van der Waals surface area contributed by atoms with Crippen molar-refractivity contribution in [2.75, 3.05) is 0 Å². The highest BCUT2D eigenvalue weighted by Crippen LogP contribution is 2.15. The topological polar surface area (TPSA) is 261 Å². The summed E-state index contributed by atoms with van der Waals surface area (Å²) in [6, 6.07) is 0. The number of rotatable bonds is 62. The van der Waals surface area contributed by atoms with Gasteiger partial charge in [0.25, 0.3) is 0 Å². The lowest BCUT2D eigenvalue weighted by Crippen LogP contribution is -1.93. The predicted molar refractivity (Wildman–Crippen MR) is 379 cm³/mol. The number of hydrogen-bond donors (Lipinski definition) is 7. The number of carboxylic acids is 7. The van der Waals surface area contributed by atoms with E-state index in [-0.39, 0.29) is 0 Å². The summed E-state index contributed by atoms with van der Waals surface area (Å²) < 4.78 is 0. The van der Waals surface area contributed by atoms with Crippen LogP contribution in [0.3, 0.4) is 0 Å². The maximum absolute atomic E-state index is 10.3. The Morgan fingerprint density at radius 3 is 0.267 bits per heavy atom. The minimum atomic E-state index is -0.663. The van der Waals surface area contributed by atoms with Gasteiger partial charge in [0.15, 0.2) is 0 Å².